The van der Waals surface area contributed by atoms with Gasteiger partial charge in [-0.2, -0.15) is 0 Å². The standard InChI is InChI=1S/C13H10Cl2N2O5S/c1-5-9(13(19)20)17-10(12(16)18)11(5)23(21,22)8-3-6(14)2-7(15)4-8/h2-4,17H,1H3,(H2,16,18)(H,19,20). The van der Waals surface area contributed by atoms with Gasteiger partial charge in [-0.05, 0) is 25.1 Å². The van der Waals surface area contributed by atoms with Gasteiger partial charge in [0.15, 0.2) is 0 Å². The van der Waals surface area contributed by atoms with Crippen molar-refractivity contribution in [3.63, 3.8) is 0 Å². The summed E-state index contributed by atoms with van der Waals surface area (Å²) in [5.41, 5.74) is 4.06. The van der Waals surface area contributed by atoms with Gasteiger partial charge in [0.25, 0.3) is 5.91 Å². The van der Waals surface area contributed by atoms with Crippen molar-refractivity contribution in [3.8, 4) is 0 Å². The summed E-state index contributed by atoms with van der Waals surface area (Å²) in [5, 5.41) is 9.23. The lowest BCUT2D eigenvalue weighted by molar-refractivity contribution is 0.0690. The zero-order valence-corrected chi connectivity index (χ0v) is 13.9. The molecule has 0 bridgehead atoms. The Bertz CT molecular complexity index is 914. The molecule has 0 unspecified atom stereocenters. The number of nitrogens with one attached hydrogen (secondary N) is 1. The second-order valence-corrected chi connectivity index (χ2v) is 7.37. The number of aromatic amines is 1. The maximum atomic E-state index is 12.8. The van der Waals surface area contributed by atoms with E-state index >= 15 is 0 Å². The summed E-state index contributed by atoms with van der Waals surface area (Å²) in [5.74, 6) is -2.53. The first-order valence-electron chi connectivity index (χ1n) is 6.02. The van der Waals surface area contributed by atoms with E-state index in [1.165, 1.54) is 13.0 Å². The third-order valence-electron chi connectivity index (χ3n) is 3.07. The molecule has 0 spiro atoms. The molecule has 0 aliphatic rings. The number of carbonyl (C=O) groups excluding carboxylic acids is 1. The van der Waals surface area contributed by atoms with Crippen LogP contribution in [0.5, 0.6) is 0 Å². The number of nitrogens with two attached hydrogens (primary N) is 1. The highest BCUT2D eigenvalue weighted by molar-refractivity contribution is 7.91. The summed E-state index contributed by atoms with van der Waals surface area (Å²) < 4.78 is 25.6. The molecule has 0 saturated heterocycles. The zero-order valence-electron chi connectivity index (χ0n) is 11.6. The van der Waals surface area contributed by atoms with Crippen LogP contribution >= 0.6 is 23.2 Å². The number of amides is 1. The van der Waals surface area contributed by atoms with Gasteiger partial charge in [0.1, 0.15) is 16.3 Å². The lowest BCUT2D eigenvalue weighted by Crippen LogP contribution is -2.16. The van der Waals surface area contributed by atoms with E-state index < -0.39 is 38.0 Å². The Balaban J connectivity index is 2.83. The normalized spacial score (nSPS) is 11.4. The summed E-state index contributed by atoms with van der Waals surface area (Å²) in [6.07, 6.45) is 0. The SMILES string of the molecule is Cc1c(C(=O)O)[nH]c(C(N)=O)c1S(=O)(=O)c1cc(Cl)cc(Cl)c1. The van der Waals surface area contributed by atoms with Crippen LogP contribution in [-0.4, -0.2) is 30.4 Å². The van der Waals surface area contributed by atoms with Crippen LogP contribution in [0.1, 0.15) is 26.5 Å². The summed E-state index contributed by atoms with van der Waals surface area (Å²) in [6.45, 7) is 1.26. The molecule has 0 atom stereocenters. The third-order valence-corrected chi connectivity index (χ3v) is 5.41. The van der Waals surface area contributed by atoms with Gasteiger partial charge in [0.05, 0.1) is 4.90 Å². The Morgan fingerprint density at radius 2 is 1.65 bits per heavy atom. The molecule has 122 valence electrons. The number of carboxylic acid groups (broad SMARTS) is 1. The minimum atomic E-state index is -4.27. The minimum absolute atomic E-state index is 0.0725. The molecule has 23 heavy (non-hydrogen) atoms. The monoisotopic (exact) mass is 376 g/mol. The Morgan fingerprint density at radius 1 is 1.13 bits per heavy atom. The molecule has 0 aliphatic heterocycles. The van der Waals surface area contributed by atoms with E-state index in [2.05, 4.69) is 4.98 Å². The van der Waals surface area contributed by atoms with Crippen molar-refractivity contribution in [2.24, 2.45) is 5.73 Å². The van der Waals surface area contributed by atoms with E-state index in [0.717, 1.165) is 12.1 Å². The number of H-pyrrole nitrogens is 1. The summed E-state index contributed by atoms with van der Waals surface area (Å²) in [4.78, 5) is 24.1. The number of primary amides is 1. The van der Waals surface area contributed by atoms with E-state index in [1.54, 1.807) is 0 Å². The average molecular weight is 377 g/mol. The predicted octanol–water partition coefficient (Wildman–Crippen LogP) is 2.26. The van der Waals surface area contributed by atoms with Gasteiger partial charge in [0.2, 0.25) is 9.84 Å². The molecular formula is C13H10Cl2N2O5S. The summed E-state index contributed by atoms with van der Waals surface area (Å²) in [6, 6.07) is 3.62. The van der Waals surface area contributed by atoms with Crippen molar-refractivity contribution >= 4 is 44.9 Å². The van der Waals surface area contributed by atoms with Crippen molar-refractivity contribution in [1.29, 1.82) is 0 Å². The van der Waals surface area contributed by atoms with Crippen molar-refractivity contribution < 1.29 is 23.1 Å². The van der Waals surface area contributed by atoms with Gasteiger partial charge in [-0.3, -0.25) is 4.79 Å². The van der Waals surface area contributed by atoms with Crippen LogP contribution in [0.2, 0.25) is 10.0 Å². The zero-order chi connectivity index (χ0) is 17.5. The molecule has 1 heterocycles. The Kier molecular flexibility index (Phi) is 4.43. The van der Waals surface area contributed by atoms with Crippen LogP contribution in [0.15, 0.2) is 28.0 Å². The summed E-state index contributed by atoms with van der Waals surface area (Å²) in [7, 11) is -4.27. The van der Waals surface area contributed by atoms with Crippen LogP contribution < -0.4 is 5.73 Å². The molecule has 0 fully saturated rings. The largest absolute Gasteiger partial charge is 0.477 e. The molecule has 10 heteroatoms. The van der Waals surface area contributed by atoms with E-state index in [1.807, 2.05) is 0 Å². The predicted molar refractivity (Wildman–Crippen MR) is 82.9 cm³/mol. The van der Waals surface area contributed by atoms with E-state index in [-0.39, 0.29) is 20.5 Å². The Labute approximate surface area is 140 Å². The lowest BCUT2D eigenvalue weighted by atomic mass is 10.2. The van der Waals surface area contributed by atoms with Crippen LogP contribution in [0.3, 0.4) is 0 Å². The second kappa shape index (κ2) is 5.88. The first kappa shape index (κ1) is 17.3. The molecule has 1 aromatic carbocycles. The van der Waals surface area contributed by atoms with Crippen molar-refractivity contribution in [2.45, 2.75) is 16.7 Å². The molecule has 2 rings (SSSR count). The van der Waals surface area contributed by atoms with Crippen LogP contribution in [0.4, 0.5) is 0 Å². The first-order valence-corrected chi connectivity index (χ1v) is 8.26. The molecule has 0 aliphatic carbocycles. The second-order valence-electron chi connectivity index (χ2n) is 4.61. The number of aromatic carboxylic acids is 1. The molecule has 4 N–H and O–H groups in total. The molecule has 1 amide bonds. The molecule has 0 saturated carbocycles. The molecular weight excluding hydrogens is 367 g/mol. The minimum Gasteiger partial charge on any atom is -0.477 e. The molecule has 2 aromatic rings. The highest BCUT2D eigenvalue weighted by Crippen LogP contribution is 2.32. The Hall–Kier alpha value is -2.03. The van der Waals surface area contributed by atoms with Gasteiger partial charge in [-0.25, -0.2) is 13.2 Å². The fourth-order valence-corrected chi connectivity index (χ4v) is 4.48. The molecule has 7 nitrogen and oxygen atoms in total. The number of hydrogen-bond acceptors (Lipinski definition) is 4. The fraction of sp³-hybridized carbons (Fsp3) is 0.0769. The van der Waals surface area contributed by atoms with Crippen molar-refractivity contribution in [1.82, 2.24) is 4.98 Å². The fourth-order valence-electron chi connectivity index (χ4n) is 2.10. The van der Waals surface area contributed by atoms with E-state index in [9.17, 15) is 18.0 Å². The van der Waals surface area contributed by atoms with Gasteiger partial charge in [0, 0.05) is 15.6 Å². The van der Waals surface area contributed by atoms with Crippen LogP contribution in [0.25, 0.3) is 0 Å². The number of halogens is 2. The third kappa shape index (κ3) is 3.05. The van der Waals surface area contributed by atoms with Gasteiger partial charge in [-0.1, -0.05) is 23.2 Å². The first-order chi connectivity index (χ1) is 10.6. The number of rotatable bonds is 4. The number of carboxylic acids is 1. The maximum Gasteiger partial charge on any atom is 0.352 e. The number of benzene rings is 1. The van der Waals surface area contributed by atoms with Gasteiger partial charge >= 0.3 is 5.97 Å². The van der Waals surface area contributed by atoms with Crippen LogP contribution in [-0.2, 0) is 9.84 Å². The molecule has 1 aromatic heterocycles. The summed E-state index contributed by atoms with van der Waals surface area (Å²) >= 11 is 11.6. The highest BCUT2D eigenvalue weighted by atomic mass is 35.5. The van der Waals surface area contributed by atoms with Gasteiger partial charge in [-0.15, -0.1) is 0 Å². The quantitative estimate of drug-likeness (QED) is 0.752. The highest BCUT2D eigenvalue weighted by Gasteiger charge is 2.32. The lowest BCUT2D eigenvalue weighted by Gasteiger charge is -2.07. The molecule has 0 radical (unpaired) electrons. The van der Waals surface area contributed by atoms with E-state index in [4.69, 9.17) is 34.0 Å². The number of aromatic nitrogens is 1. The number of carbonyl (C=O) groups is 2. The van der Waals surface area contributed by atoms with Gasteiger partial charge < -0.3 is 15.8 Å². The van der Waals surface area contributed by atoms with E-state index in [0.29, 0.717) is 0 Å². The number of hydrogen-bond donors (Lipinski definition) is 3. The van der Waals surface area contributed by atoms with Crippen LogP contribution in [0, 0.1) is 6.92 Å². The smallest absolute Gasteiger partial charge is 0.352 e. The maximum absolute atomic E-state index is 12.8. The number of sulfone groups is 1. The Morgan fingerprint density at radius 3 is 2.09 bits per heavy atom. The average Bonchev–Trinajstić information content (AvgIpc) is 2.76. The van der Waals surface area contributed by atoms with Crippen molar-refractivity contribution in [2.75, 3.05) is 0 Å². The topological polar surface area (TPSA) is 130 Å². The van der Waals surface area contributed by atoms with Crippen molar-refractivity contribution in [3.05, 3.63) is 45.2 Å².